The standard InChI is InChI=1S/C15H9Cl3N4O2/c16-8-4-10(17)13(11(18)5-8)21-12(23)6-22-7-20-14-9(15(22)24)2-1-3-19-14/h1-5,7H,6H2,(H,21,23). The SMILES string of the molecule is O=C(Cn1cnc2ncccc2c1=O)Nc1c(Cl)cc(Cl)cc1Cl. The molecule has 0 saturated carbocycles. The van der Waals surface area contributed by atoms with E-state index in [4.69, 9.17) is 34.8 Å². The minimum Gasteiger partial charge on any atom is -0.322 e. The van der Waals surface area contributed by atoms with E-state index in [-0.39, 0.29) is 27.8 Å². The minimum absolute atomic E-state index is 0.203. The number of halogens is 3. The summed E-state index contributed by atoms with van der Waals surface area (Å²) in [5.74, 6) is -0.478. The fourth-order valence-corrected chi connectivity index (χ4v) is 3.02. The molecular formula is C15H9Cl3N4O2. The molecule has 9 heteroatoms. The Bertz CT molecular complexity index is 980. The van der Waals surface area contributed by atoms with Crippen LogP contribution >= 0.6 is 34.8 Å². The average molecular weight is 384 g/mol. The Labute approximate surface area is 151 Å². The summed E-state index contributed by atoms with van der Waals surface area (Å²) in [7, 11) is 0. The molecule has 0 unspecified atom stereocenters. The summed E-state index contributed by atoms with van der Waals surface area (Å²) in [5.41, 5.74) is 0.190. The van der Waals surface area contributed by atoms with E-state index in [1.54, 1.807) is 12.1 Å². The third kappa shape index (κ3) is 3.36. The maximum Gasteiger partial charge on any atom is 0.263 e. The van der Waals surface area contributed by atoms with Crippen molar-refractivity contribution in [3.63, 3.8) is 0 Å². The van der Waals surface area contributed by atoms with E-state index in [1.165, 1.54) is 29.2 Å². The number of nitrogens with one attached hydrogen (secondary N) is 1. The van der Waals surface area contributed by atoms with Crippen LogP contribution in [0.5, 0.6) is 0 Å². The van der Waals surface area contributed by atoms with Crippen molar-refractivity contribution in [1.82, 2.24) is 14.5 Å². The zero-order chi connectivity index (χ0) is 17.3. The van der Waals surface area contributed by atoms with Crippen molar-refractivity contribution >= 4 is 57.4 Å². The number of carbonyl (C=O) groups is 1. The Morgan fingerprint density at radius 2 is 1.88 bits per heavy atom. The van der Waals surface area contributed by atoms with Gasteiger partial charge in [-0.1, -0.05) is 34.8 Å². The molecule has 0 bridgehead atoms. The largest absolute Gasteiger partial charge is 0.322 e. The van der Waals surface area contributed by atoms with Crippen LogP contribution < -0.4 is 10.9 Å². The van der Waals surface area contributed by atoms with Crippen molar-refractivity contribution in [2.24, 2.45) is 0 Å². The molecule has 1 amide bonds. The first-order chi connectivity index (χ1) is 11.5. The fraction of sp³-hybridized carbons (Fsp3) is 0.0667. The van der Waals surface area contributed by atoms with Crippen molar-refractivity contribution in [2.75, 3.05) is 5.32 Å². The van der Waals surface area contributed by atoms with Gasteiger partial charge in [0.25, 0.3) is 5.56 Å². The number of anilines is 1. The molecule has 0 fully saturated rings. The van der Waals surface area contributed by atoms with Crippen molar-refractivity contribution in [3.8, 4) is 0 Å². The molecule has 122 valence electrons. The van der Waals surface area contributed by atoms with Gasteiger partial charge in [0.1, 0.15) is 12.9 Å². The molecule has 1 N–H and O–H groups in total. The highest BCUT2D eigenvalue weighted by Crippen LogP contribution is 2.33. The Kier molecular flexibility index (Phi) is 4.71. The van der Waals surface area contributed by atoms with Crippen LogP contribution in [0.1, 0.15) is 0 Å². The van der Waals surface area contributed by atoms with Gasteiger partial charge in [-0.05, 0) is 24.3 Å². The first-order valence-electron chi connectivity index (χ1n) is 6.70. The normalized spacial score (nSPS) is 10.8. The Hall–Kier alpha value is -2.15. The fourth-order valence-electron chi connectivity index (χ4n) is 2.11. The van der Waals surface area contributed by atoms with Gasteiger partial charge in [-0.2, -0.15) is 0 Å². The van der Waals surface area contributed by atoms with E-state index < -0.39 is 5.91 Å². The molecule has 0 spiro atoms. The Balaban J connectivity index is 1.86. The lowest BCUT2D eigenvalue weighted by atomic mass is 10.3. The number of benzene rings is 1. The second-order valence-electron chi connectivity index (χ2n) is 4.84. The molecule has 1 aromatic carbocycles. The van der Waals surface area contributed by atoms with Gasteiger partial charge < -0.3 is 5.32 Å². The first-order valence-corrected chi connectivity index (χ1v) is 7.83. The molecule has 0 saturated heterocycles. The summed E-state index contributed by atoms with van der Waals surface area (Å²) < 4.78 is 1.18. The highest BCUT2D eigenvalue weighted by atomic mass is 35.5. The van der Waals surface area contributed by atoms with Crippen molar-refractivity contribution in [1.29, 1.82) is 0 Å². The maximum atomic E-state index is 12.3. The molecule has 3 rings (SSSR count). The number of rotatable bonds is 3. The van der Waals surface area contributed by atoms with Gasteiger partial charge in [0, 0.05) is 11.2 Å². The van der Waals surface area contributed by atoms with Gasteiger partial charge in [0.05, 0.1) is 21.1 Å². The lowest BCUT2D eigenvalue weighted by molar-refractivity contribution is -0.116. The number of pyridine rings is 1. The molecular weight excluding hydrogens is 375 g/mol. The second-order valence-corrected chi connectivity index (χ2v) is 6.10. The van der Waals surface area contributed by atoms with E-state index in [0.717, 1.165) is 0 Å². The maximum absolute atomic E-state index is 12.3. The minimum atomic E-state index is -0.478. The molecule has 24 heavy (non-hydrogen) atoms. The molecule has 3 aromatic rings. The van der Waals surface area contributed by atoms with Crippen LogP contribution in [-0.4, -0.2) is 20.4 Å². The van der Waals surface area contributed by atoms with Gasteiger partial charge in [0.15, 0.2) is 5.65 Å². The van der Waals surface area contributed by atoms with E-state index in [2.05, 4.69) is 15.3 Å². The number of hydrogen-bond acceptors (Lipinski definition) is 4. The topological polar surface area (TPSA) is 76.9 Å². The monoisotopic (exact) mass is 382 g/mol. The van der Waals surface area contributed by atoms with Crippen LogP contribution in [0.25, 0.3) is 11.0 Å². The zero-order valence-corrected chi connectivity index (χ0v) is 14.2. The number of carbonyl (C=O) groups excluding carboxylic acids is 1. The van der Waals surface area contributed by atoms with Crippen molar-refractivity contribution < 1.29 is 4.79 Å². The van der Waals surface area contributed by atoms with Crippen LogP contribution in [0.4, 0.5) is 5.69 Å². The smallest absolute Gasteiger partial charge is 0.263 e. The van der Waals surface area contributed by atoms with Crippen LogP contribution in [-0.2, 0) is 11.3 Å². The quantitative estimate of drug-likeness (QED) is 0.752. The molecule has 0 aliphatic carbocycles. The molecule has 6 nitrogen and oxygen atoms in total. The third-order valence-electron chi connectivity index (χ3n) is 3.18. The third-order valence-corrected chi connectivity index (χ3v) is 4.00. The number of nitrogens with zero attached hydrogens (tertiary/aromatic N) is 3. The van der Waals surface area contributed by atoms with Crippen LogP contribution in [0.3, 0.4) is 0 Å². The molecule has 0 aliphatic rings. The number of hydrogen-bond donors (Lipinski definition) is 1. The lowest BCUT2D eigenvalue weighted by Gasteiger charge is -2.11. The van der Waals surface area contributed by atoms with Gasteiger partial charge >= 0.3 is 0 Å². The summed E-state index contributed by atoms with van der Waals surface area (Å²) in [4.78, 5) is 32.6. The lowest BCUT2D eigenvalue weighted by Crippen LogP contribution is -2.28. The van der Waals surface area contributed by atoms with E-state index >= 15 is 0 Å². The predicted molar refractivity (Wildman–Crippen MR) is 93.9 cm³/mol. The van der Waals surface area contributed by atoms with Crippen molar-refractivity contribution in [3.05, 3.63) is 62.2 Å². The molecule has 0 atom stereocenters. The highest BCUT2D eigenvalue weighted by molar-refractivity contribution is 6.42. The second kappa shape index (κ2) is 6.76. The van der Waals surface area contributed by atoms with E-state index in [9.17, 15) is 9.59 Å². The Morgan fingerprint density at radius 3 is 2.58 bits per heavy atom. The summed E-state index contributed by atoms with van der Waals surface area (Å²) in [6.07, 6.45) is 2.80. The predicted octanol–water partition coefficient (Wildman–Crippen LogP) is 3.39. The van der Waals surface area contributed by atoms with Crippen LogP contribution in [0.15, 0.2) is 41.6 Å². The van der Waals surface area contributed by atoms with Crippen LogP contribution in [0, 0.1) is 0 Å². The number of fused-ring (bicyclic) bond motifs is 1. The highest BCUT2D eigenvalue weighted by Gasteiger charge is 2.13. The number of aromatic nitrogens is 3. The average Bonchev–Trinajstić information content (AvgIpc) is 2.54. The summed E-state index contributed by atoms with van der Waals surface area (Å²) >= 11 is 17.9. The molecule has 0 radical (unpaired) electrons. The Morgan fingerprint density at radius 1 is 1.17 bits per heavy atom. The zero-order valence-electron chi connectivity index (χ0n) is 12.0. The first kappa shape index (κ1) is 16.7. The molecule has 2 aromatic heterocycles. The summed E-state index contributed by atoms with van der Waals surface area (Å²) in [6.45, 7) is -0.244. The summed E-state index contributed by atoms with van der Waals surface area (Å²) in [5, 5.41) is 3.65. The van der Waals surface area contributed by atoms with Crippen molar-refractivity contribution in [2.45, 2.75) is 6.54 Å². The summed E-state index contributed by atoms with van der Waals surface area (Å²) in [6, 6.07) is 6.14. The van der Waals surface area contributed by atoms with E-state index in [1.807, 2.05) is 0 Å². The van der Waals surface area contributed by atoms with Gasteiger partial charge in [0.2, 0.25) is 5.91 Å². The van der Waals surface area contributed by atoms with E-state index in [0.29, 0.717) is 16.1 Å². The van der Waals surface area contributed by atoms with Gasteiger partial charge in [-0.3, -0.25) is 14.2 Å². The van der Waals surface area contributed by atoms with Gasteiger partial charge in [-0.25, -0.2) is 9.97 Å². The molecule has 0 aliphatic heterocycles. The number of amides is 1. The van der Waals surface area contributed by atoms with Crippen LogP contribution in [0.2, 0.25) is 15.1 Å². The van der Waals surface area contributed by atoms with Gasteiger partial charge in [-0.15, -0.1) is 0 Å². The molecule has 2 heterocycles.